The molecule has 0 amide bonds. The first-order valence-corrected chi connectivity index (χ1v) is 5.97. The molecular formula is C14H22O2. The van der Waals surface area contributed by atoms with Gasteiger partial charge in [-0.05, 0) is 19.3 Å². The van der Waals surface area contributed by atoms with Gasteiger partial charge in [-0.2, -0.15) is 0 Å². The summed E-state index contributed by atoms with van der Waals surface area (Å²) in [5.41, 5.74) is 1.71. The highest BCUT2D eigenvalue weighted by molar-refractivity contribution is 5.64. The molecule has 0 bridgehead atoms. The monoisotopic (exact) mass is 222 g/mol. The number of hydrogen-bond acceptors (Lipinski definition) is 2. The van der Waals surface area contributed by atoms with Crippen LogP contribution in [0.15, 0.2) is 16.9 Å². The number of carbonyl (C=O) groups excluding carboxylic acids is 1. The second-order valence-corrected chi connectivity index (χ2v) is 5.61. The Morgan fingerprint density at radius 2 is 2.06 bits per heavy atom. The molecule has 0 spiro atoms. The maximum absolute atomic E-state index is 11.0. The Labute approximate surface area is 98.4 Å². The molecule has 2 nitrogen and oxygen atoms in total. The second-order valence-electron chi connectivity index (χ2n) is 5.61. The fourth-order valence-corrected chi connectivity index (χ4v) is 2.05. The van der Waals surface area contributed by atoms with Crippen LogP contribution in [0.4, 0.5) is 0 Å². The molecule has 0 N–H and O–H groups in total. The molecule has 16 heavy (non-hydrogen) atoms. The highest BCUT2D eigenvalue weighted by atomic mass is 16.5. The van der Waals surface area contributed by atoms with Crippen molar-refractivity contribution in [3.8, 4) is 0 Å². The van der Waals surface area contributed by atoms with Crippen LogP contribution in [-0.4, -0.2) is 12.5 Å². The van der Waals surface area contributed by atoms with E-state index < -0.39 is 0 Å². The molecule has 0 aromatic heterocycles. The molecule has 0 aromatic rings. The van der Waals surface area contributed by atoms with Crippen LogP contribution in [0.1, 0.15) is 47.5 Å². The molecular weight excluding hydrogens is 200 g/mol. The SMILES string of the molecule is CC1=C(OCC(C)C)CCC(C)(C)C1=C=O. The van der Waals surface area contributed by atoms with Gasteiger partial charge in [-0.25, -0.2) is 4.79 Å². The van der Waals surface area contributed by atoms with E-state index in [-0.39, 0.29) is 5.41 Å². The quantitative estimate of drug-likeness (QED) is 0.683. The van der Waals surface area contributed by atoms with Crippen molar-refractivity contribution in [2.45, 2.75) is 47.5 Å². The number of allylic oxidation sites excluding steroid dienone is 3. The van der Waals surface area contributed by atoms with Crippen LogP contribution in [0.25, 0.3) is 0 Å². The van der Waals surface area contributed by atoms with Crippen LogP contribution < -0.4 is 0 Å². The Morgan fingerprint density at radius 3 is 2.56 bits per heavy atom. The van der Waals surface area contributed by atoms with Crippen LogP contribution in [-0.2, 0) is 9.53 Å². The Bertz CT molecular complexity index is 342. The average Bonchev–Trinajstić information content (AvgIpc) is 2.16. The Balaban J connectivity index is 2.91. The van der Waals surface area contributed by atoms with Gasteiger partial charge in [0.15, 0.2) is 0 Å². The molecule has 0 fully saturated rings. The number of hydrogen-bond donors (Lipinski definition) is 0. The molecule has 0 saturated carbocycles. The van der Waals surface area contributed by atoms with Crippen LogP contribution in [0.2, 0.25) is 0 Å². The summed E-state index contributed by atoms with van der Waals surface area (Å²) in [6.45, 7) is 11.1. The van der Waals surface area contributed by atoms with Crippen LogP contribution in [0.5, 0.6) is 0 Å². The molecule has 0 aromatic carbocycles. The van der Waals surface area contributed by atoms with Crippen LogP contribution in [0, 0.1) is 11.3 Å². The minimum absolute atomic E-state index is 0.0590. The Kier molecular flexibility index (Phi) is 3.98. The molecule has 1 aliphatic rings. The lowest BCUT2D eigenvalue weighted by Gasteiger charge is -2.32. The van der Waals surface area contributed by atoms with Gasteiger partial charge in [0.25, 0.3) is 0 Å². The third-order valence-corrected chi connectivity index (χ3v) is 3.14. The van der Waals surface area contributed by atoms with Gasteiger partial charge in [0.1, 0.15) is 5.94 Å². The average molecular weight is 222 g/mol. The molecule has 0 radical (unpaired) electrons. The summed E-state index contributed by atoms with van der Waals surface area (Å²) in [5.74, 6) is 3.58. The zero-order valence-corrected chi connectivity index (χ0v) is 11.0. The maximum atomic E-state index is 11.0. The van der Waals surface area contributed by atoms with Crippen molar-refractivity contribution in [1.82, 2.24) is 0 Å². The molecule has 0 heterocycles. The van der Waals surface area contributed by atoms with E-state index in [1.807, 2.05) is 6.92 Å². The Morgan fingerprint density at radius 1 is 1.44 bits per heavy atom. The number of ether oxygens (including phenoxy) is 1. The molecule has 0 saturated heterocycles. The van der Waals surface area contributed by atoms with Gasteiger partial charge >= 0.3 is 0 Å². The van der Waals surface area contributed by atoms with Crippen LogP contribution >= 0.6 is 0 Å². The van der Waals surface area contributed by atoms with Gasteiger partial charge in [-0.1, -0.05) is 27.7 Å². The van der Waals surface area contributed by atoms with Gasteiger partial charge in [0.05, 0.1) is 12.4 Å². The lowest BCUT2D eigenvalue weighted by molar-refractivity contribution is 0.156. The van der Waals surface area contributed by atoms with Gasteiger partial charge in [-0.15, -0.1) is 0 Å². The first kappa shape index (κ1) is 13.1. The van der Waals surface area contributed by atoms with E-state index in [0.717, 1.165) is 36.4 Å². The zero-order chi connectivity index (χ0) is 12.3. The summed E-state index contributed by atoms with van der Waals surface area (Å²) in [7, 11) is 0. The van der Waals surface area contributed by atoms with Gasteiger partial charge < -0.3 is 4.74 Å². The van der Waals surface area contributed by atoms with E-state index in [4.69, 9.17) is 4.74 Å². The molecule has 1 rings (SSSR count). The summed E-state index contributed by atoms with van der Waals surface area (Å²) >= 11 is 0. The molecule has 0 aliphatic heterocycles. The minimum atomic E-state index is -0.0590. The van der Waals surface area contributed by atoms with E-state index in [9.17, 15) is 4.79 Å². The molecule has 0 unspecified atom stereocenters. The minimum Gasteiger partial charge on any atom is -0.497 e. The van der Waals surface area contributed by atoms with Crippen molar-refractivity contribution in [2.24, 2.45) is 11.3 Å². The third kappa shape index (κ3) is 2.76. The van der Waals surface area contributed by atoms with Crippen molar-refractivity contribution in [1.29, 1.82) is 0 Å². The van der Waals surface area contributed by atoms with Crippen LogP contribution in [0.3, 0.4) is 0 Å². The predicted molar refractivity (Wildman–Crippen MR) is 65.7 cm³/mol. The maximum Gasteiger partial charge on any atom is 0.128 e. The summed E-state index contributed by atoms with van der Waals surface area (Å²) in [6, 6.07) is 0. The fraction of sp³-hybridized carbons (Fsp3) is 0.714. The standard InChI is InChI=1S/C14H22O2/c1-10(2)9-16-13-6-7-14(4,5)12(8-15)11(13)3/h10H,6-7,9H2,1-5H3. The molecule has 90 valence electrons. The lowest BCUT2D eigenvalue weighted by Crippen LogP contribution is -2.23. The van der Waals surface area contributed by atoms with E-state index in [0.29, 0.717) is 5.92 Å². The van der Waals surface area contributed by atoms with E-state index in [1.165, 1.54) is 0 Å². The van der Waals surface area contributed by atoms with Crippen molar-refractivity contribution < 1.29 is 9.53 Å². The van der Waals surface area contributed by atoms with E-state index >= 15 is 0 Å². The molecule has 0 atom stereocenters. The largest absolute Gasteiger partial charge is 0.497 e. The van der Waals surface area contributed by atoms with Crippen molar-refractivity contribution in [2.75, 3.05) is 6.61 Å². The topological polar surface area (TPSA) is 26.3 Å². The lowest BCUT2D eigenvalue weighted by atomic mass is 9.73. The van der Waals surface area contributed by atoms with Crippen molar-refractivity contribution in [3.63, 3.8) is 0 Å². The van der Waals surface area contributed by atoms with Gasteiger partial charge in [0, 0.05) is 23.0 Å². The summed E-state index contributed by atoms with van der Waals surface area (Å²) in [6.07, 6.45) is 1.89. The van der Waals surface area contributed by atoms with Gasteiger partial charge in [0.2, 0.25) is 0 Å². The summed E-state index contributed by atoms with van der Waals surface area (Å²) < 4.78 is 5.76. The predicted octanol–water partition coefficient (Wildman–Crippen LogP) is 3.51. The first-order chi connectivity index (χ1) is 7.38. The van der Waals surface area contributed by atoms with E-state index in [1.54, 1.807) is 0 Å². The highest BCUT2D eigenvalue weighted by Crippen LogP contribution is 2.42. The third-order valence-electron chi connectivity index (χ3n) is 3.14. The second kappa shape index (κ2) is 4.88. The molecule has 1 aliphatic carbocycles. The highest BCUT2D eigenvalue weighted by Gasteiger charge is 2.32. The number of rotatable bonds is 3. The molecule has 2 heteroatoms. The first-order valence-electron chi connectivity index (χ1n) is 5.97. The zero-order valence-electron chi connectivity index (χ0n) is 11.0. The fourth-order valence-electron chi connectivity index (χ4n) is 2.05. The normalized spacial score (nSPS) is 20.0. The Hall–Kier alpha value is -1.01. The smallest absolute Gasteiger partial charge is 0.128 e. The van der Waals surface area contributed by atoms with Crippen molar-refractivity contribution >= 4 is 5.94 Å². The summed E-state index contributed by atoms with van der Waals surface area (Å²) in [4.78, 5) is 11.0. The van der Waals surface area contributed by atoms with Crippen molar-refractivity contribution in [3.05, 3.63) is 16.9 Å². The summed E-state index contributed by atoms with van der Waals surface area (Å²) in [5, 5.41) is 0. The van der Waals surface area contributed by atoms with Gasteiger partial charge in [-0.3, -0.25) is 0 Å². The van der Waals surface area contributed by atoms with E-state index in [2.05, 4.69) is 33.6 Å².